The van der Waals surface area contributed by atoms with Crippen molar-refractivity contribution >= 4 is 22.6 Å². The average molecular weight is 241 g/mol. The summed E-state index contributed by atoms with van der Waals surface area (Å²) in [5.41, 5.74) is 1.08. The highest BCUT2D eigenvalue weighted by molar-refractivity contribution is 6.25. The van der Waals surface area contributed by atoms with Crippen LogP contribution in [0.2, 0.25) is 0 Å². The minimum atomic E-state index is -0.289. The number of amides is 2. The molecule has 3 rings (SSSR count). The first-order valence-electron chi connectivity index (χ1n) is 5.56. The zero-order valence-electron chi connectivity index (χ0n) is 10.1. The Labute approximate surface area is 104 Å². The zero-order chi connectivity index (χ0) is 12.9. The van der Waals surface area contributed by atoms with Gasteiger partial charge < -0.3 is 4.74 Å². The maximum atomic E-state index is 12.1. The molecule has 0 fully saturated rings. The van der Waals surface area contributed by atoms with Gasteiger partial charge in [-0.3, -0.25) is 14.5 Å². The molecule has 4 nitrogen and oxygen atoms in total. The van der Waals surface area contributed by atoms with Crippen molar-refractivity contribution in [2.75, 3.05) is 14.2 Å². The Morgan fingerprint density at radius 1 is 1.06 bits per heavy atom. The lowest BCUT2D eigenvalue weighted by molar-refractivity contribution is 0.0650. The van der Waals surface area contributed by atoms with E-state index in [4.69, 9.17) is 4.74 Å². The van der Waals surface area contributed by atoms with E-state index < -0.39 is 0 Å². The van der Waals surface area contributed by atoms with Crippen molar-refractivity contribution in [1.82, 2.24) is 4.90 Å². The number of carbonyl (C=O) groups is 2. The van der Waals surface area contributed by atoms with Crippen molar-refractivity contribution in [1.29, 1.82) is 0 Å². The number of ether oxygens (including phenoxy) is 1. The fourth-order valence-corrected chi connectivity index (χ4v) is 2.32. The molecule has 1 heterocycles. The predicted molar refractivity (Wildman–Crippen MR) is 66.9 cm³/mol. The molecule has 0 atom stereocenters. The molecule has 2 amide bonds. The molecule has 2 aromatic rings. The van der Waals surface area contributed by atoms with Gasteiger partial charge >= 0.3 is 0 Å². The first kappa shape index (κ1) is 10.8. The molecule has 1 aliphatic rings. The summed E-state index contributed by atoms with van der Waals surface area (Å²) < 4.78 is 5.18. The van der Waals surface area contributed by atoms with Gasteiger partial charge in [-0.25, -0.2) is 0 Å². The average Bonchev–Trinajstić information content (AvgIpc) is 2.41. The standard InChI is InChI=1S/C14H11NO3/c1-15-13(16)10-5-3-4-8-6-9(18-2)7-11(12(8)10)14(15)17/h3-7H,1-2H3. The van der Waals surface area contributed by atoms with Crippen LogP contribution in [0.25, 0.3) is 10.8 Å². The van der Waals surface area contributed by atoms with Crippen LogP contribution in [0.3, 0.4) is 0 Å². The van der Waals surface area contributed by atoms with Gasteiger partial charge in [0.15, 0.2) is 0 Å². The highest BCUT2D eigenvalue weighted by Crippen LogP contribution is 2.32. The summed E-state index contributed by atoms with van der Waals surface area (Å²) in [6.45, 7) is 0. The van der Waals surface area contributed by atoms with Crippen LogP contribution in [0.1, 0.15) is 20.7 Å². The molecule has 0 saturated carbocycles. The molecular weight excluding hydrogens is 230 g/mol. The summed E-state index contributed by atoms with van der Waals surface area (Å²) in [5.74, 6) is 0.0663. The van der Waals surface area contributed by atoms with Crippen molar-refractivity contribution < 1.29 is 14.3 Å². The number of hydrogen-bond donors (Lipinski definition) is 0. The SMILES string of the molecule is COc1cc2c3c(cccc3c1)C(=O)N(C)C2=O. The quantitative estimate of drug-likeness (QED) is 0.718. The largest absolute Gasteiger partial charge is 0.497 e. The van der Waals surface area contributed by atoms with Gasteiger partial charge in [0.1, 0.15) is 5.75 Å². The number of nitrogens with zero attached hydrogens (tertiary/aromatic N) is 1. The van der Waals surface area contributed by atoms with E-state index in [0.29, 0.717) is 22.3 Å². The lowest BCUT2D eigenvalue weighted by atomic mass is 9.94. The van der Waals surface area contributed by atoms with Crippen LogP contribution in [0.5, 0.6) is 5.75 Å². The molecule has 4 heteroatoms. The second kappa shape index (κ2) is 3.57. The van der Waals surface area contributed by atoms with Gasteiger partial charge in [0.25, 0.3) is 11.8 Å². The third-order valence-electron chi connectivity index (χ3n) is 3.26. The van der Waals surface area contributed by atoms with Crippen LogP contribution < -0.4 is 4.74 Å². The van der Waals surface area contributed by atoms with E-state index >= 15 is 0 Å². The third-order valence-corrected chi connectivity index (χ3v) is 3.26. The van der Waals surface area contributed by atoms with E-state index in [2.05, 4.69) is 0 Å². The van der Waals surface area contributed by atoms with Crippen molar-refractivity contribution in [3.05, 3.63) is 41.5 Å². The Morgan fingerprint density at radius 2 is 1.78 bits per heavy atom. The summed E-state index contributed by atoms with van der Waals surface area (Å²) in [6.07, 6.45) is 0. The number of imide groups is 1. The number of benzene rings is 2. The molecule has 0 N–H and O–H groups in total. The van der Waals surface area contributed by atoms with Gasteiger partial charge in [-0.1, -0.05) is 12.1 Å². The van der Waals surface area contributed by atoms with E-state index in [1.165, 1.54) is 7.05 Å². The monoisotopic (exact) mass is 241 g/mol. The van der Waals surface area contributed by atoms with Crippen LogP contribution >= 0.6 is 0 Å². The third kappa shape index (κ3) is 1.26. The van der Waals surface area contributed by atoms with Gasteiger partial charge in [0.05, 0.1) is 12.7 Å². The molecule has 0 aromatic heterocycles. The molecule has 0 spiro atoms. The molecule has 0 unspecified atom stereocenters. The topological polar surface area (TPSA) is 46.6 Å². The van der Waals surface area contributed by atoms with E-state index in [-0.39, 0.29) is 11.8 Å². The van der Waals surface area contributed by atoms with E-state index in [9.17, 15) is 9.59 Å². The van der Waals surface area contributed by atoms with Gasteiger partial charge in [-0.2, -0.15) is 0 Å². The van der Waals surface area contributed by atoms with Crippen LogP contribution in [-0.2, 0) is 0 Å². The first-order chi connectivity index (χ1) is 8.63. The Bertz CT molecular complexity index is 691. The second-order valence-electron chi connectivity index (χ2n) is 4.25. The molecule has 2 aromatic carbocycles. The Kier molecular flexibility index (Phi) is 2.13. The fourth-order valence-electron chi connectivity index (χ4n) is 2.32. The number of methoxy groups -OCH3 is 1. The summed E-state index contributed by atoms with van der Waals surface area (Å²) in [4.78, 5) is 25.3. The highest BCUT2D eigenvalue weighted by atomic mass is 16.5. The Morgan fingerprint density at radius 3 is 2.50 bits per heavy atom. The van der Waals surface area contributed by atoms with Gasteiger partial charge in [0, 0.05) is 18.0 Å². The van der Waals surface area contributed by atoms with Crippen molar-refractivity contribution in [2.45, 2.75) is 0 Å². The van der Waals surface area contributed by atoms with E-state index in [0.717, 1.165) is 10.3 Å². The molecule has 0 radical (unpaired) electrons. The highest BCUT2D eigenvalue weighted by Gasteiger charge is 2.30. The zero-order valence-corrected chi connectivity index (χ0v) is 10.1. The molecule has 0 saturated heterocycles. The van der Waals surface area contributed by atoms with E-state index in [1.807, 2.05) is 18.2 Å². The van der Waals surface area contributed by atoms with Crippen LogP contribution in [0.15, 0.2) is 30.3 Å². The summed E-state index contributed by atoms with van der Waals surface area (Å²) in [5, 5.41) is 1.56. The van der Waals surface area contributed by atoms with E-state index in [1.54, 1.807) is 19.2 Å². The molecule has 1 aliphatic heterocycles. The summed E-state index contributed by atoms with van der Waals surface area (Å²) in [7, 11) is 3.05. The maximum absolute atomic E-state index is 12.1. The van der Waals surface area contributed by atoms with Crippen LogP contribution in [-0.4, -0.2) is 30.9 Å². The van der Waals surface area contributed by atoms with Crippen LogP contribution in [0, 0.1) is 0 Å². The normalized spacial score (nSPS) is 14.2. The van der Waals surface area contributed by atoms with Gasteiger partial charge in [-0.15, -0.1) is 0 Å². The number of carbonyl (C=O) groups excluding carboxylic acids is 2. The minimum Gasteiger partial charge on any atom is -0.497 e. The fraction of sp³-hybridized carbons (Fsp3) is 0.143. The van der Waals surface area contributed by atoms with Crippen molar-refractivity contribution in [3.63, 3.8) is 0 Å². The lowest BCUT2D eigenvalue weighted by Crippen LogP contribution is -2.36. The number of rotatable bonds is 1. The molecule has 0 aliphatic carbocycles. The predicted octanol–water partition coefficient (Wildman–Crippen LogP) is 2.07. The second-order valence-corrected chi connectivity index (χ2v) is 4.25. The van der Waals surface area contributed by atoms with Crippen molar-refractivity contribution in [3.8, 4) is 5.75 Å². The molecule has 90 valence electrons. The van der Waals surface area contributed by atoms with Gasteiger partial charge in [-0.05, 0) is 23.6 Å². The minimum absolute atomic E-state index is 0.261. The van der Waals surface area contributed by atoms with Crippen molar-refractivity contribution in [2.24, 2.45) is 0 Å². The summed E-state index contributed by atoms with van der Waals surface area (Å²) >= 11 is 0. The lowest BCUT2D eigenvalue weighted by Gasteiger charge is -2.24. The molecule has 18 heavy (non-hydrogen) atoms. The Hall–Kier alpha value is -2.36. The Balaban J connectivity index is 2.47. The molecular formula is C14H11NO3. The van der Waals surface area contributed by atoms with Crippen LogP contribution in [0.4, 0.5) is 0 Å². The summed E-state index contributed by atoms with van der Waals surface area (Å²) in [6, 6.07) is 8.92. The molecule has 0 bridgehead atoms. The van der Waals surface area contributed by atoms with Gasteiger partial charge in [0.2, 0.25) is 0 Å². The number of hydrogen-bond acceptors (Lipinski definition) is 3. The first-order valence-corrected chi connectivity index (χ1v) is 5.56. The smallest absolute Gasteiger partial charge is 0.261 e. The maximum Gasteiger partial charge on any atom is 0.261 e.